The number of carbonyl (C=O) groups excluding carboxylic acids is 1. The number of amides is 1. The zero-order chi connectivity index (χ0) is 26.4. The minimum atomic E-state index is -0.239. The summed E-state index contributed by atoms with van der Waals surface area (Å²) in [6.07, 6.45) is 5.51. The van der Waals surface area contributed by atoms with Crippen molar-refractivity contribution in [2.24, 2.45) is 11.8 Å². The van der Waals surface area contributed by atoms with Gasteiger partial charge in [-0.05, 0) is 65.0 Å². The number of hydrogen-bond acceptors (Lipinski definition) is 7. The highest BCUT2D eigenvalue weighted by Gasteiger charge is 2.31. The fraction of sp³-hybridized carbons (Fsp3) is 0.552. The first-order chi connectivity index (χ1) is 17.7. The average molecular weight is 508 g/mol. The highest BCUT2D eigenvalue weighted by atomic mass is 16.6. The van der Waals surface area contributed by atoms with Gasteiger partial charge < -0.3 is 25.0 Å². The molecule has 0 saturated carbocycles. The highest BCUT2D eigenvalue weighted by molar-refractivity contribution is 5.68. The number of rotatable bonds is 8. The van der Waals surface area contributed by atoms with E-state index in [2.05, 4.69) is 56.4 Å². The monoisotopic (exact) mass is 507 g/mol. The number of likely N-dealkylation sites (tertiary alicyclic amines) is 1. The van der Waals surface area contributed by atoms with Crippen LogP contribution in [0.5, 0.6) is 0 Å². The molecule has 4 rings (SSSR count). The van der Waals surface area contributed by atoms with Crippen LogP contribution in [0.2, 0.25) is 0 Å². The molecule has 1 saturated heterocycles. The van der Waals surface area contributed by atoms with E-state index in [1.807, 2.05) is 47.5 Å². The molecule has 0 aliphatic carbocycles. The van der Waals surface area contributed by atoms with Crippen molar-refractivity contribution in [3.8, 4) is 0 Å². The Morgan fingerprint density at radius 3 is 2.59 bits per heavy atom. The molecular weight excluding hydrogens is 466 g/mol. The van der Waals surface area contributed by atoms with Gasteiger partial charge in [0.1, 0.15) is 6.61 Å². The SMILES string of the molecule is C[C@H](Nc1nccc(C2=CNC[C@@H]2[C@H](C)OC(C)(C)C)n1)C1CCN(C(=O)OCc2ccccc2)CC1. The van der Waals surface area contributed by atoms with Crippen LogP contribution >= 0.6 is 0 Å². The summed E-state index contributed by atoms with van der Waals surface area (Å²) in [5.74, 6) is 1.28. The molecule has 0 radical (unpaired) electrons. The Labute approximate surface area is 220 Å². The molecule has 0 unspecified atom stereocenters. The molecule has 2 N–H and O–H groups in total. The first-order valence-electron chi connectivity index (χ1n) is 13.4. The zero-order valence-electron chi connectivity index (χ0n) is 22.7. The predicted octanol–water partition coefficient (Wildman–Crippen LogP) is 5.09. The van der Waals surface area contributed by atoms with Crippen molar-refractivity contribution in [3.63, 3.8) is 0 Å². The molecule has 1 fully saturated rings. The Morgan fingerprint density at radius 2 is 1.89 bits per heavy atom. The van der Waals surface area contributed by atoms with Gasteiger partial charge in [-0.25, -0.2) is 14.8 Å². The van der Waals surface area contributed by atoms with Crippen molar-refractivity contribution >= 4 is 17.6 Å². The van der Waals surface area contributed by atoms with E-state index in [-0.39, 0.29) is 29.8 Å². The van der Waals surface area contributed by atoms with Crippen LogP contribution < -0.4 is 10.6 Å². The number of benzene rings is 1. The summed E-state index contributed by atoms with van der Waals surface area (Å²) in [7, 11) is 0. The second kappa shape index (κ2) is 11.9. The Morgan fingerprint density at radius 1 is 1.16 bits per heavy atom. The third-order valence-electron chi connectivity index (χ3n) is 7.12. The lowest BCUT2D eigenvalue weighted by Gasteiger charge is -2.34. The van der Waals surface area contributed by atoms with E-state index in [1.54, 1.807) is 0 Å². The first kappa shape index (κ1) is 26.9. The van der Waals surface area contributed by atoms with Crippen LogP contribution in [0, 0.1) is 11.8 Å². The van der Waals surface area contributed by atoms with Gasteiger partial charge in [0, 0.05) is 49.6 Å². The summed E-state index contributed by atoms with van der Waals surface area (Å²) in [4.78, 5) is 23.6. The summed E-state index contributed by atoms with van der Waals surface area (Å²) in [5, 5.41) is 6.88. The molecule has 3 heterocycles. The van der Waals surface area contributed by atoms with Gasteiger partial charge in [0.25, 0.3) is 0 Å². The molecule has 37 heavy (non-hydrogen) atoms. The molecule has 3 atom stereocenters. The van der Waals surface area contributed by atoms with Crippen molar-refractivity contribution in [2.75, 3.05) is 25.0 Å². The largest absolute Gasteiger partial charge is 0.445 e. The van der Waals surface area contributed by atoms with Gasteiger partial charge in [0.05, 0.1) is 17.4 Å². The van der Waals surface area contributed by atoms with E-state index < -0.39 is 0 Å². The molecule has 2 aliphatic rings. The Kier molecular flexibility index (Phi) is 8.69. The fourth-order valence-corrected chi connectivity index (χ4v) is 5.14. The van der Waals surface area contributed by atoms with E-state index in [0.717, 1.165) is 36.2 Å². The van der Waals surface area contributed by atoms with Crippen molar-refractivity contribution in [3.05, 3.63) is 60.1 Å². The summed E-state index contributed by atoms with van der Waals surface area (Å²) >= 11 is 0. The van der Waals surface area contributed by atoms with Crippen molar-refractivity contribution in [1.82, 2.24) is 20.2 Å². The Hall–Kier alpha value is -3.13. The van der Waals surface area contributed by atoms with Gasteiger partial charge in [-0.2, -0.15) is 0 Å². The standard InChI is InChI=1S/C29H41N5O3/c1-20(23-12-15-34(16-13-23)28(35)36-19-22-9-7-6-8-10-22)32-27-31-14-11-26(33-27)25-18-30-17-24(25)21(2)37-29(3,4)5/h6-11,14,18,20-21,23-24,30H,12-13,15-17,19H2,1-5H3,(H,31,32,33)/t20-,21-,24+/m0/s1. The smallest absolute Gasteiger partial charge is 0.410 e. The van der Waals surface area contributed by atoms with E-state index in [4.69, 9.17) is 14.5 Å². The third kappa shape index (κ3) is 7.44. The molecule has 8 nitrogen and oxygen atoms in total. The molecule has 1 aromatic carbocycles. The summed E-state index contributed by atoms with van der Waals surface area (Å²) < 4.78 is 11.7. The predicted molar refractivity (Wildman–Crippen MR) is 146 cm³/mol. The van der Waals surface area contributed by atoms with Crippen molar-refractivity contribution in [2.45, 2.75) is 71.8 Å². The Bertz CT molecular complexity index is 1060. The maximum Gasteiger partial charge on any atom is 0.410 e. The zero-order valence-corrected chi connectivity index (χ0v) is 22.7. The number of ether oxygens (including phenoxy) is 2. The van der Waals surface area contributed by atoms with Crippen molar-refractivity contribution < 1.29 is 14.3 Å². The second-order valence-corrected chi connectivity index (χ2v) is 11.1. The van der Waals surface area contributed by atoms with Gasteiger partial charge in [0.2, 0.25) is 5.95 Å². The average Bonchev–Trinajstić information content (AvgIpc) is 3.38. The highest BCUT2D eigenvalue weighted by Crippen LogP contribution is 2.31. The molecule has 8 heteroatoms. The summed E-state index contributed by atoms with van der Waals surface area (Å²) in [6, 6.07) is 11.9. The topological polar surface area (TPSA) is 88.6 Å². The number of nitrogens with zero attached hydrogens (tertiary/aromatic N) is 3. The molecule has 200 valence electrons. The van der Waals surface area contributed by atoms with E-state index in [1.165, 1.54) is 0 Å². The van der Waals surface area contributed by atoms with Gasteiger partial charge in [-0.3, -0.25) is 0 Å². The van der Waals surface area contributed by atoms with Crippen molar-refractivity contribution in [1.29, 1.82) is 0 Å². The quantitative estimate of drug-likeness (QED) is 0.514. The van der Waals surface area contributed by atoms with E-state index in [9.17, 15) is 4.79 Å². The minimum Gasteiger partial charge on any atom is -0.445 e. The van der Waals surface area contributed by atoms with Crippen LogP contribution in [0.1, 0.15) is 58.7 Å². The van der Waals surface area contributed by atoms with Gasteiger partial charge >= 0.3 is 6.09 Å². The normalized spacial score (nSPS) is 20.1. The maximum atomic E-state index is 12.5. The lowest BCUT2D eigenvalue weighted by atomic mass is 9.90. The molecule has 2 aliphatic heterocycles. The van der Waals surface area contributed by atoms with Gasteiger partial charge in [-0.1, -0.05) is 30.3 Å². The van der Waals surface area contributed by atoms with E-state index in [0.29, 0.717) is 31.6 Å². The lowest BCUT2D eigenvalue weighted by Crippen LogP contribution is -2.42. The molecular formula is C29H41N5O3. The second-order valence-electron chi connectivity index (χ2n) is 11.1. The van der Waals surface area contributed by atoms with Crippen LogP contribution in [0.25, 0.3) is 5.57 Å². The summed E-state index contributed by atoms with van der Waals surface area (Å²) in [6.45, 7) is 13.1. The van der Waals surface area contributed by atoms with Crippen LogP contribution in [0.15, 0.2) is 48.8 Å². The fourth-order valence-electron chi connectivity index (χ4n) is 5.14. The lowest BCUT2D eigenvalue weighted by molar-refractivity contribution is -0.0647. The van der Waals surface area contributed by atoms with Crippen LogP contribution in [-0.4, -0.2) is 58.3 Å². The molecule has 2 aromatic rings. The first-order valence-corrected chi connectivity index (χ1v) is 13.4. The molecule has 0 spiro atoms. The number of nitrogens with one attached hydrogen (secondary N) is 2. The third-order valence-corrected chi connectivity index (χ3v) is 7.12. The summed E-state index contributed by atoms with van der Waals surface area (Å²) in [5.41, 5.74) is 2.87. The number of carbonyl (C=O) groups is 1. The number of aromatic nitrogens is 2. The van der Waals surface area contributed by atoms with Crippen LogP contribution in [-0.2, 0) is 16.1 Å². The van der Waals surface area contributed by atoms with Crippen LogP contribution in [0.3, 0.4) is 0 Å². The number of hydrogen-bond donors (Lipinski definition) is 2. The van der Waals surface area contributed by atoms with Gasteiger partial charge in [0.15, 0.2) is 0 Å². The number of anilines is 1. The minimum absolute atomic E-state index is 0.0658. The molecule has 1 aromatic heterocycles. The van der Waals surface area contributed by atoms with Crippen LogP contribution in [0.4, 0.5) is 10.7 Å². The Balaban J connectivity index is 1.28. The molecule has 0 bridgehead atoms. The van der Waals surface area contributed by atoms with E-state index >= 15 is 0 Å². The maximum absolute atomic E-state index is 12.5. The number of piperidine rings is 1. The van der Waals surface area contributed by atoms with Gasteiger partial charge in [-0.15, -0.1) is 0 Å². The molecule has 1 amide bonds.